The highest BCUT2D eigenvalue weighted by Crippen LogP contribution is 2.26. The molecule has 0 saturated heterocycles. The largest absolute Gasteiger partial charge is 0.398 e. The predicted molar refractivity (Wildman–Crippen MR) is 76.4 cm³/mol. The van der Waals surface area contributed by atoms with Gasteiger partial charge < -0.3 is 5.73 Å². The van der Waals surface area contributed by atoms with Crippen LogP contribution in [0.5, 0.6) is 0 Å². The van der Waals surface area contributed by atoms with Gasteiger partial charge in [0.2, 0.25) is 10.0 Å². The van der Waals surface area contributed by atoms with Crippen LogP contribution in [0, 0.1) is 18.2 Å². The van der Waals surface area contributed by atoms with E-state index in [0.29, 0.717) is 6.42 Å². The third-order valence-corrected chi connectivity index (χ3v) is 4.71. The number of sulfonamides is 1. The molecule has 0 radical (unpaired) electrons. The summed E-state index contributed by atoms with van der Waals surface area (Å²) < 4.78 is 40.0. The van der Waals surface area contributed by atoms with Crippen molar-refractivity contribution in [2.45, 2.75) is 30.7 Å². The van der Waals surface area contributed by atoms with Crippen molar-refractivity contribution in [3.63, 3.8) is 0 Å². The van der Waals surface area contributed by atoms with Gasteiger partial charge in [0.25, 0.3) is 0 Å². The van der Waals surface area contributed by atoms with Gasteiger partial charge in [-0.25, -0.2) is 17.5 Å². The van der Waals surface area contributed by atoms with Crippen LogP contribution in [-0.4, -0.2) is 14.5 Å². The molecular formula is C12H14BrFN2O2S. The van der Waals surface area contributed by atoms with Crippen molar-refractivity contribution in [3.8, 4) is 12.3 Å². The highest BCUT2D eigenvalue weighted by Gasteiger charge is 2.22. The van der Waals surface area contributed by atoms with Crippen molar-refractivity contribution in [3.05, 3.63) is 22.4 Å². The molecule has 0 aliphatic carbocycles. The van der Waals surface area contributed by atoms with Crippen molar-refractivity contribution < 1.29 is 12.8 Å². The number of terminal acetylenes is 1. The number of nitrogens with two attached hydrogens (primary N) is 1. The zero-order chi connectivity index (χ0) is 14.6. The SMILES string of the molecule is C#CCC(CC)NS(=O)(=O)c1cc(Br)c(F)cc1N. The third-order valence-electron chi connectivity index (χ3n) is 2.52. The van der Waals surface area contributed by atoms with E-state index >= 15 is 0 Å². The van der Waals surface area contributed by atoms with E-state index in [9.17, 15) is 12.8 Å². The maximum atomic E-state index is 13.2. The number of nitrogen functional groups attached to an aromatic ring is 1. The molecule has 1 atom stereocenters. The summed E-state index contributed by atoms with van der Waals surface area (Å²) in [6.07, 6.45) is 5.99. The number of halogens is 2. The molecule has 0 aliphatic rings. The summed E-state index contributed by atoms with van der Waals surface area (Å²) in [5, 5.41) is 0. The van der Waals surface area contributed by atoms with E-state index in [1.807, 2.05) is 6.92 Å². The van der Waals surface area contributed by atoms with E-state index in [1.165, 1.54) is 0 Å². The zero-order valence-electron chi connectivity index (χ0n) is 10.3. The Labute approximate surface area is 120 Å². The Kier molecular flexibility index (Phi) is 5.35. The Hall–Kier alpha value is -1.10. The molecule has 7 heteroatoms. The van der Waals surface area contributed by atoms with Crippen LogP contribution in [0.3, 0.4) is 0 Å². The normalized spacial score (nSPS) is 12.9. The summed E-state index contributed by atoms with van der Waals surface area (Å²) in [7, 11) is -3.83. The summed E-state index contributed by atoms with van der Waals surface area (Å²) in [6.45, 7) is 1.81. The monoisotopic (exact) mass is 348 g/mol. The molecule has 1 unspecified atom stereocenters. The second kappa shape index (κ2) is 6.37. The fourth-order valence-corrected chi connectivity index (χ4v) is 3.42. The highest BCUT2D eigenvalue weighted by atomic mass is 79.9. The van der Waals surface area contributed by atoms with Crippen molar-refractivity contribution in [2.75, 3.05) is 5.73 Å². The fourth-order valence-electron chi connectivity index (χ4n) is 1.47. The van der Waals surface area contributed by atoms with Crippen LogP contribution >= 0.6 is 15.9 Å². The standard InChI is InChI=1S/C12H14BrFN2O2S/c1-3-5-8(4-2)16-19(17,18)12-6-9(13)10(14)7-11(12)15/h1,6-8,16H,4-5,15H2,2H3. The maximum Gasteiger partial charge on any atom is 0.242 e. The second-order valence-corrected chi connectivity index (χ2v) is 6.48. The first-order valence-electron chi connectivity index (χ1n) is 5.52. The van der Waals surface area contributed by atoms with Crippen molar-refractivity contribution in [1.82, 2.24) is 4.72 Å². The Morgan fingerprint density at radius 3 is 2.74 bits per heavy atom. The molecule has 0 aromatic heterocycles. The number of nitrogens with one attached hydrogen (secondary N) is 1. The summed E-state index contributed by atoms with van der Waals surface area (Å²) in [4.78, 5) is -0.170. The van der Waals surface area contributed by atoms with E-state index < -0.39 is 15.8 Å². The fraction of sp³-hybridized carbons (Fsp3) is 0.333. The summed E-state index contributed by atoms with van der Waals surface area (Å²) in [5.41, 5.74) is 5.40. The van der Waals surface area contributed by atoms with Crippen LogP contribution in [-0.2, 0) is 10.0 Å². The lowest BCUT2D eigenvalue weighted by atomic mass is 10.2. The first kappa shape index (κ1) is 16.0. The Morgan fingerprint density at radius 2 is 2.21 bits per heavy atom. The molecule has 0 heterocycles. The first-order chi connectivity index (χ1) is 8.81. The molecule has 1 aromatic rings. The lowest BCUT2D eigenvalue weighted by molar-refractivity contribution is 0.544. The van der Waals surface area contributed by atoms with Gasteiger partial charge in [-0.15, -0.1) is 12.3 Å². The summed E-state index contributed by atoms with van der Waals surface area (Å²) >= 11 is 2.93. The third kappa shape index (κ3) is 3.93. The predicted octanol–water partition coefficient (Wildman–Crippen LogP) is 2.25. The van der Waals surface area contributed by atoms with E-state index in [0.717, 1.165) is 12.1 Å². The number of hydrogen-bond donors (Lipinski definition) is 2. The van der Waals surface area contributed by atoms with Crippen LogP contribution in [0.15, 0.2) is 21.5 Å². The first-order valence-corrected chi connectivity index (χ1v) is 7.79. The molecule has 0 saturated carbocycles. The highest BCUT2D eigenvalue weighted by molar-refractivity contribution is 9.10. The van der Waals surface area contributed by atoms with Gasteiger partial charge in [-0.05, 0) is 34.5 Å². The lowest BCUT2D eigenvalue weighted by Crippen LogP contribution is -2.34. The Bertz CT molecular complexity index is 611. The van der Waals surface area contributed by atoms with Gasteiger partial charge >= 0.3 is 0 Å². The van der Waals surface area contributed by atoms with Crippen molar-refractivity contribution >= 4 is 31.6 Å². The van der Waals surface area contributed by atoms with Gasteiger partial charge in [0, 0.05) is 12.5 Å². The maximum absolute atomic E-state index is 13.2. The minimum Gasteiger partial charge on any atom is -0.398 e. The molecule has 3 N–H and O–H groups in total. The van der Waals surface area contributed by atoms with Crippen LogP contribution in [0.4, 0.5) is 10.1 Å². The molecule has 19 heavy (non-hydrogen) atoms. The van der Waals surface area contributed by atoms with E-state index in [-0.39, 0.29) is 27.5 Å². The average Bonchev–Trinajstić information content (AvgIpc) is 2.32. The number of hydrogen-bond acceptors (Lipinski definition) is 3. The number of rotatable bonds is 5. The van der Waals surface area contributed by atoms with E-state index in [4.69, 9.17) is 12.2 Å². The van der Waals surface area contributed by atoms with Gasteiger partial charge in [-0.3, -0.25) is 0 Å². The molecular weight excluding hydrogens is 335 g/mol. The summed E-state index contributed by atoms with van der Waals surface area (Å²) in [5.74, 6) is 1.78. The lowest BCUT2D eigenvalue weighted by Gasteiger charge is -2.16. The van der Waals surface area contributed by atoms with Gasteiger partial charge in [0.05, 0.1) is 10.2 Å². The van der Waals surface area contributed by atoms with Crippen LogP contribution < -0.4 is 10.5 Å². The van der Waals surface area contributed by atoms with Crippen molar-refractivity contribution in [2.24, 2.45) is 0 Å². The van der Waals surface area contributed by atoms with Crippen LogP contribution in [0.25, 0.3) is 0 Å². The zero-order valence-corrected chi connectivity index (χ0v) is 12.7. The quantitative estimate of drug-likeness (QED) is 0.633. The minimum absolute atomic E-state index is 0.0343. The second-order valence-electron chi connectivity index (χ2n) is 3.94. The number of anilines is 1. The van der Waals surface area contributed by atoms with E-state index in [1.54, 1.807) is 0 Å². The van der Waals surface area contributed by atoms with Crippen LogP contribution in [0.2, 0.25) is 0 Å². The minimum atomic E-state index is -3.83. The topological polar surface area (TPSA) is 72.2 Å². The molecule has 1 aromatic carbocycles. The van der Waals surface area contributed by atoms with Crippen LogP contribution in [0.1, 0.15) is 19.8 Å². The molecule has 0 spiro atoms. The molecule has 0 fully saturated rings. The average molecular weight is 349 g/mol. The smallest absolute Gasteiger partial charge is 0.242 e. The van der Waals surface area contributed by atoms with Crippen molar-refractivity contribution in [1.29, 1.82) is 0 Å². The van der Waals surface area contributed by atoms with Gasteiger partial charge in [0.15, 0.2) is 0 Å². The molecule has 1 rings (SSSR count). The molecule has 0 aliphatic heterocycles. The molecule has 0 bridgehead atoms. The van der Waals surface area contributed by atoms with Gasteiger partial charge in [0.1, 0.15) is 10.7 Å². The molecule has 0 amide bonds. The molecule has 104 valence electrons. The number of benzene rings is 1. The van der Waals surface area contributed by atoms with Gasteiger partial charge in [-0.1, -0.05) is 6.92 Å². The Morgan fingerprint density at radius 1 is 1.58 bits per heavy atom. The summed E-state index contributed by atoms with van der Waals surface area (Å²) in [6, 6.07) is 1.72. The molecule has 4 nitrogen and oxygen atoms in total. The Balaban J connectivity index is 3.14. The van der Waals surface area contributed by atoms with E-state index in [2.05, 4.69) is 26.6 Å². The van der Waals surface area contributed by atoms with Gasteiger partial charge in [-0.2, -0.15) is 0 Å².